The van der Waals surface area contributed by atoms with Gasteiger partial charge < -0.3 is 13.7 Å². The molecule has 0 aliphatic carbocycles. The van der Waals surface area contributed by atoms with Crippen molar-refractivity contribution in [3.63, 3.8) is 0 Å². The van der Waals surface area contributed by atoms with Gasteiger partial charge in [0.25, 0.3) is 0 Å². The molecule has 0 aliphatic heterocycles. The quantitative estimate of drug-likeness (QED) is 0.324. The summed E-state index contributed by atoms with van der Waals surface area (Å²) < 4.78 is 52.2. The van der Waals surface area contributed by atoms with Crippen molar-refractivity contribution in [1.82, 2.24) is 9.97 Å². The van der Waals surface area contributed by atoms with Crippen LogP contribution in [0.25, 0.3) is 0 Å². The molecule has 12 nitrogen and oxygen atoms in total. The van der Waals surface area contributed by atoms with Gasteiger partial charge in [-0.1, -0.05) is 6.07 Å². The molecule has 1 heterocycles. The number of aryl methyl sites for hydroxylation is 1. The number of halogens is 1. The van der Waals surface area contributed by atoms with E-state index in [-0.39, 0.29) is 23.0 Å². The number of ether oxygens (including phenoxy) is 2. The number of anilines is 1. The maximum Gasteiger partial charge on any atom is 0.416 e. The summed E-state index contributed by atoms with van der Waals surface area (Å²) in [6, 6.07) is 2.90. The molecule has 2 aromatic rings. The van der Waals surface area contributed by atoms with Gasteiger partial charge in [-0.3, -0.25) is 15.0 Å². The van der Waals surface area contributed by atoms with Crippen LogP contribution >= 0.6 is 0 Å². The zero-order chi connectivity index (χ0) is 25.1. The standard InChI is InChI=1S/C19H23FN4O8S/c1-11-15(24(26)27)16(22-17(21-11)30-5)23(18(25)31-19(2,3)4)10-12-7-8-13(9-14(12)20)32-33(6,28)29/h7-9H,10H2,1-6H3. The summed E-state index contributed by atoms with van der Waals surface area (Å²) in [4.78, 5) is 32.5. The Hall–Kier alpha value is -3.55. The summed E-state index contributed by atoms with van der Waals surface area (Å²) >= 11 is 0. The molecule has 0 saturated heterocycles. The largest absolute Gasteiger partial charge is 0.467 e. The SMILES string of the molecule is COc1nc(C)c([N+](=O)[O-])c(N(Cc2ccc(OS(C)(=O)=O)cc2F)C(=O)OC(C)(C)C)n1. The highest BCUT2D eigenvalue weighted by Crippen LogP contribution is 2.33. The third-order valence-electron chi connectivity index (χ3n) is 3.85. The predicted molar refractivity (Wildman–Crippen MR) is 114 cm³/mol. The first kappa shape index (κ1) is 25.7. The number of nitrogens with zero attached hydrogens (tertiary/aromatic N) is 4. The Kier molecular flexibility index (Phi) is 7.42. The van der Waals surface area contributed by atoms with Crippen molar-refractivity contribution in [3.8, 4) is 11.8 Å². The van der Waals surface area contributed by atoms with Crippen LogP contribution in [0.15, 0.2) is 18.2 Å². The fraction of sp³-hybridized carbons (Fsp3) is 0.421. The summed E-state index contributed by atoms with van der Waals surface area (Å²) in [6.07, 6.45) is -0.242. The molecule has 0 fully saturated rings. The molecule has 14 heteroatoms. The van der Waals surface area contributed by atoms with E-state index < -0.39 is 50.6 Å². The van der Waals surface area contributed by atoms with E-state index >= 15 is 0 Å². The lowest BCUT2D eigenvalue weighted by Crippen LogP contribution is -2.37. The monoisotopic (exact) mass is 486 g/mol. The van der Waals surface area contributed by atoms with Gasteiger partial charge in [0, 0.05) is 11.6 Å². The first-order chi connectivity index (χ1) is 15.1. The third-order valence-corrected chi connectivity index (χ3v) is 4.35. The Labute approximate surface area is 189 Å². The molecule has 0 atom stereocenters. The van der Waals surface area contributed by atoms with Gasteiger partial charge >= 0.3 is 27.9 Å². The van der Waals surface area contributed by atoms with Gasteiger partial charge in [-0.15, -0.1) is 0 Å². The van der Waals surface area contributed by atoms with Gasteiger partial charge in [0.15, 0.2) is 0 Å². The topological polar surface area (TPSA) is 151 Å². The van der Waals surface area contributed by atoms with Gasteiger partial charge in [0.2, 0.25) is 5.82 Å². The number of carbonyl (C=O) groups is 1. The number of hydrogen-bond donors (Lipinski definition) is 0. The maximum absolute atomic E-state index is 14.7. The molecule has 1 aromatic carbocycles. The molecular formula is C19H23FN4O8S. The minimum absolute atomic E-state index is 0.0900. The van der Waals surface area contributed by atoms with Crippen LogP contribution in [0, 0.1) is 22.9 Å². The highest BCUT2D eigenvalue weighted by Gasteiger charge is 2.34. The molecule has 2 rings (SSSR count). The van der Waals surface area contributed by atoms with Gasteiger partial charge in [-0.25, -0.2) is 9.18 Å². The summed E-state index contributed by atoms with van der Waals surface area (Å²) in [5.74, 6) is -1.67. The van der Waals surface area contributed by atoms with E-state index in [0.29, 0.717) is 0 Å². The normalized spacial score (nSPS) is 11.6. The molecule has 0 aliphatic rings. The molecular weight excluding hydrogens is 463 g/mol. The number of amides is 1. The lowest BCUT2D eigenvalue weighted by atomic mass is 10.2. The average Bonchev–Trinajstić information content (AvgIpc) is 2.63. The molecule has 0 bridgehead atoms. The van der Waals surface area contributed by atoms with E-state index in [4.69, 9.17) is 9.47 Å². The molecule has 0 saturated carbocycles. The molecule has 33 heavy (non-hydrogen) atoms. The Bertz CT molecular complexity index is 1180. The van der Waals surface area contributed by atoms with E-state index in [1.807, 2.05) is 0 Å². The van der Waals surface area contributed by atoms with Gasteiger partial charge in [0.05, 0.1) is 24.8 Å². The highest BCUT2D eigenvalue weighted by molar-refractivity contribution is 7.86. The third kappa shape index (κ3) is 6.97. The van der Waals surface area contributed by atoms with Crippen molar-refractivity contribution in [1.29, 1.82) is 0 Å². The van der Waals surface area contributed by atoms with Crippen LogP contribution < -0.4 is 13.8 Å². The molecule has 180 valence electrons. The number of benzene rings is 1. The van der Waals surface area contributed by atoms with Crippen molar-refractivity contribution in [2.45, 2.75) is 39.8 Å². The molecule has 0 unspecified atom stereocenters. The Morgan fingerprint density at radius 3 is 2.39 bits per heavy atom. The molecule has 0 N–H and O–H groups in total. The smallest absolute Gasteiger partial charge is 0.416 e. The summed E-state index contributed by atoms with van der Waals surface area (Å²) in [7, 11) is -2.65. The van der Waals surface area contributed by atoms with Crippen LogP contribution in [0.2, 0.25) is 0 Å². The summed E-state index contributed by atoms with van der Waals surface area (Å²) in [5.41, 5.74) is -1.79. The zero-order valence-electron chi connectivity index (χ0n) is 18.8. The lowest BCUT2D eigenvalue weighted by Gasteiger charge is -2.27. The minimum atomic E-state index is -3.89. The highest BCUT2D eigenvalue weighted by atomic mass is 32.2. The van der Waals surface area contributed by atoms with E-state index in [1.165, 1.54) is 26.2 Å². The molecule has 1 aromatic heterocycles. The zero-order valence-corrected chi connectivity index (χ0v) is 19.6. The van der Waals surface area contributed by atoms with Crippen LogP contribution in [0.3, 0.4) is 0 Å². The van der Waals surface area contributed by atoms with Crippen LogP contribution in [0.5, 0.6) is 11.8 Å². The number of aromatic nitrogens is 2. The first-order valence-electron chi connectivity index (χ1n) is 9.36. The Morgan fingerprint density at radius 1 is 1.27 bits per heavy atom. The van der Waals surface area contributed by atoms with Crippen LogP contribution in [0.1, 0.15) is 32.0 Å². The first-order valence-corrected chi connectivity index (χ1v) is 11.2. The number of methoxy groups -OCH3 is 1. The predicted octanol–water partition coefficient (Wildman–Crippen LogP) is 3.12. The second-order valence-electron chi connectivity index (χ2n) is 7.83. The number of carbonyl (C=O) groups excluding carboxylic acids is 1. The number of nitro groups is 1. The fourth-order valence-corrected chi connectivity index (χ4v) is 3.07. The molecule has 0 spiro atoms. The van der Waals surface area contributed by atoms with Gasteiger partial charge in [-0.2, -0.15) is 18.4 Å². The van der Waals surface area contributed by atoms with E-state index in [9.17, 15) is 27.7 Å². The minimum Gasteiger partial charge on any atom is -0.467 e. The molecule has 0 radical (unpaired) electrons. The van der Waals surface area contributed by atoms with Crippen molar-refractivity contribution in [2.24, 2.45) is 0 Å². The van der Waals surface area contributed by atoms with E-state index in [2.05, 4.69) is 14.2 Å². The Balaban J connectivity index is 2.61. The number of hydrogen-bond acceptors (Lipinski definition) is 10. The maximum atomic E-state index is 14.7. The average molecular weight is 486 g/mol. The van der Waals surface area contributed by atoms with Crippen LogP contribution in [-0.4, -0.2) is 48.4 Å². The summed E-state index contributed by atoms with van der Waals surface area (Å²) in [6.45, 7) is 5.54. The van der Waals surface area contributed by atoms with Crippen LogP contribution in [0.4, 0.5) is 20.7 Å². The molecule has 1 amide bonds. The van der Waals surface area contributed by atoms with Crippen LogP contribution in [-0.2, 0) is 21.4 Å². The van der Waals surface area contributed by atoms with E-state index in [0.717, 1.165) is 17.2 Å². The van der Waals surface area contributed by atoms with Gasteiger partial charge in [-0.05, 0) is 33.8 Å². The van der Waals surface area contributed by atoms with Gasteiger partial charge in [0.1, 0.15) is 22.9 Å². The second kappa shape index (κ2) is 9.52. The fourth-order valence-electron chi connectivity index (χ4n) is 2.62. The van der Waals surface area contributed by atoms with E-state index in [1.54, 1.807) is 20.8 Å². The lowest BCUT2D eigenvalue weighted by molar-refractivity contribution is -0.385. The summed E-state index contributed by atoms with van der Waals surface area (Å²) in [5, 5.41) is 11.7. The van der Waals surface area contributed by atoms with Crippen molar-refractivity contribution < 1.29 is 36.2 Å². The van der Waals surface area contributed by atoms with Crippen molar-refractivity contribution >= 4 is 27.7 Å². The second-order valence-corrected chi connectivity index (χ2v) is 9.41. The number of rotatable bonds is 7. The van der Waals surface area contributed by atoms with Crippen molar-refractivity contribution in [2.75, 3.05) is 18.3 Å². The Morgan fingerprint density at radius 2 is 1.91 bits per heavy atom. The van der Waals surface area contributed by atoms with Crippen molar-refractivity contribution in [3.05, 3.63) is 45.4 Å².